The maximum Gasteiger partial charge on any atom is 0.266 e. The molecule has 144 valence electrons. The summed E-state index contributed by atoms with van der Waals surface area (Å²) in [6.45, 7) is 0.148. The molecule has 28 heavy (non-hydrogen) atoms. The normalized spacial score (nSPS) is 16.3. The van der Waals surface area contributed by atoms with Crippen molar-refractivity contribution in [2.75, 3.05) is 5.32 Å². The molecule has 2 heterocycles. The average molecular weight is 441 g/mol. The molecule has 0 bridgehead atoms. The van der Waals surface area contributed by atoms with E-state index in [0.717, 1.165) is 18.2 Å². The lowest BCUT2D eigenvalue weighted by molar-refractivity contribution is 0.587. The first-order valence-corrected chi connectivity index (χ1v) is 10.6. The van der Waals surface area contributed by atoms with Crippen LogP contribution in [0.15, 0.2) is 51.8 Å². The molecule has 0 radical (unpaired) electrons. The van der Waals surface area contributed by atoms with Gasteiger partial charge in [0.2, 0.25) is 5.96 Å². The van der Waals surface area contributed by atoms with Gasteiger partial charge in [-0.3, -0.25) is 0 Å². The number of rotatable bonds is 3. The minimum Gasteiger partial charge on any atom is -0.324 e. The number of sulfonamides is 1. The van der Waals surface area contributed by atoms with Crippen LogP contribution in [0, 0.1) is 11.6 Å². The van der Waals surface area contributed by atoms with Crippen LogP contribution in [-0.4, -0.2) is 19.4 Å². The van der Waals surface area contributed by atoms with Crippen LogP contribution in [0.5, 0.6) is 0 Å². The molecule has 11 heteroatoms. The van der Waals surface area contributed by atoms with Gasteiger partial charge in [-0.2, -0.15) is 0 Å². The van der Waals surface area contributed by atoms with Crippen molar-refractivity contribution in [3.63, 3.8) is 0 Å². The number of anilines is 1. The largest absolute Gasteiger partial charge is 0.324 e. The second-order valence-electron chi connectivity index (χ2n) is 5.75. The van der Waals surface area contributed by atoms with E-state index in [1.807, 2.05) is 0 Å². The summed E-state index contributed by atoms with van der Waals surface area (Å²) in [5, 5.41) is 5.06. The predicted molar refractivity (Wildman–Crippen MR) is 104 cm³/mol. The molecule has 0 amide bonds. The van der Waals surface area contributed by atoms with Crippen molar-refractivity contribution < 1.29 is 17.2 Å². The van der Waals surface area contributed by atoms with Crippen LogP contribution in [0.25, 0.3) is 11.1 Å². The summed E-state index contributed by atoms with van der Waals surface area (Å²) in [7, 11) is -4.10. The van der Waals surface area contributed by atoms with E-state index >= 15 is 0 Å². The Hall–Kier alpha value is -2.56. The number of nitrogens with zero attached hydrogens (tertiary/aromatic N) is 2. The van der Waals surface area contributed by atoms with Gasteiger partial charge in [0.15, 0.2) is 0 Å². The lowest BCUT2D eigenvalue weighted by Gasteiger charge is -2.24. The summed E-state index contributed by atoms with van der Waals surface area (Å²) in [6.07, 6.45) is 1.61. The average Bonchev–Trinajstić information content (AvgIpc) is 3.16. The van der Waals surface area contributed by atoms with Gasteiger partial charge in [-0.25, -0.2) is 31.9 Å². The molecule has 2 aromatic carbocycles. The zero-order chi connectivity index (χ0) is 19.9. The van der Waals surface area contributed by atoms with E-state index in [1.165, 1.54) is 23.5 Å². The molecule has 2 N–H and O–H groups in total. The lowest BCUT2D eigenvalue weighted by Crippen LogP contribution is -2.41. The topological polar surface area (TPSA) is 83.5 Å². The van der Waals surface area contributed by atoms with Gasteiger partial charge in [0.25, 0.3) is 10.0 Å². The number of thiazole rings is 1. The number of hydrogen-bond acceptors (Lipinski definition) is 5. The van der Waals surface area contributed by atoms with Gasteiger partial charge in [0.05, 0.1) is 17.3 Å². The summed E-state index contributed by atoms with van der Waals surface area (Å²) >= 11 is 7.40. The first-order chi connectivity index (χ1) is 13.3. The molecule has 0 saturated carbocycles. The third kappa shape index (κ3) is 3.46. The molecule has 1 aliphatic heterocycles. The zero-order valence-electron chi connectivity index (χ0n) is 13.9. The molecule has 0 unspecified atom stereocenters. The van der Waals surface area contributed by atoms with Crippen LogP contribution in [-0.2, 0) is 16.6 Å². The minimum atomic E-state index is -4.10. The van der Waals surface area contributed by atoms with Crippen molar-refractivity contribution in [3.8, 4) is 11.1 Å². The van der Waals surface area contributed by atoms with E-state index in [-0.39, 0.29) is 39.2 Å². The first kappa shape index (κ1) is 18.8. The highest BCUT2D eigenvalue weighted by atomic mass is 35.5. The van der Waals surface area contributed by atoms with E-state index in [0.29, 0.717) is 5.01 Å². The molecule has 0 spiro atoms. The van der Waals surface area contributed by atoms with Crippen molar-refractivity contribution in [2.24, 2.45) is 4.99 Å². The number of hydrogen-bond donors (Lipinski definition) is 2. The van der Waals surface area contributed by atoms with Crippen molar-refractivity contribution >= 4 is 44.6 Å². The van der Waals surface area contributed by atoms with Crippen LogP contribution in [0.2, 0.25) is 5.02 Å². The highest BCUT2D eigenvalue weighted by molar-refractivity contribution is 7.90. The Labute approximate surface area is 168 Å². The van der Waals surface area contributed by atoms with Crippen molar-refractivity contribution in [3.05, 3.63) is 63.6 Å². The van der Waals surface area contributed by atoms with Crippen LogP contribution >= 0.6 is 22.9 Å². The molecule has 0 aliphatic carbocycles. The van der Waals surface area contributed by atoms with Gasteiger partial charge in [-0.05, 0) is 18.2 Å². The number of benzene rings is 2. The van der Waals surface area contributed by atoms with Gasteiger partial charge in [-0.1, -0.05) is 23.7 Å². The molecule has 0 atom stereocenters. The van der Waals surface area contributed by atoms with E-state index in [2.05, 4.69) is 20.0 Å². The second-order valence-corrected chi connectivity index (χ2v) is 8.76. The zero-order valence-corrected chi connectivity index (χ0v) is 16.3. The molecule has 1 aliphatic rings. The molecule has 3 aromatic rings. The Balaban J connectivity index is 1.85. The summed E-state index contributed by atoms with van der Waals surface area (Å²) < 4.78 is 55.5. The minimum absolute atomic E-state index is 0.0527. The molecule has 0 fully saturated rings. The summed E-state index contributed by atoms with van der Waals surface area (Å²) in [4.78, 5) is 7.93. The Bertz CT molecular complexity index is 1200. The fourth-order valence-corrected chi connectivity index (χ4v) is 4.67. The first-order valence-electron chi connectivity index (χ1n) is 7.86. The maximum absolute atomic E-state index is 14.2. The van der Waals surface area contributed by atoms with Gasteiger partial charge in [-0.15, -0.1) is 11.3 Å². The summed E-state index contributed by atoms with van der Waals surface area (Å²) in [6, 6.07) is 6.00. The second kappa shape index (κ2) is 7.12. The highest BCUT2D eigenvalue weighted by Crippen LogP contribution is 2.40. The number of nitrogens with one attached hydrogen (secondary N) is 2. The van der Waals surface area contributed by atoms with E-state index in [9.17, 15) is 17.2 Å². The van der Waals surface area contributed by atoms with E-state index in [1.54, 1.807) is 11.6 Å². The molecule has 4 rings (SSSR count). The number of aromatic nitrogens is 1. The SMILES string of the molecule is O=S1(=O)NC(=NCc2nccs2)Nc2c(-c3cccc(F)c3Cl)cc(F)cc21. The lowest BCUT2D eigenvalue weighted by atomic mass is 10.0. The molecule has 6 nitrogen and oxygen atoms in total. The third-order valence-corrected chi connectivity index (χ3v) is 6.44. The van der Waals surface area contributed by atoms with E-state index < -0.39 is 21.7 Å². The standard InChI is InChI=1S/C17H11ClF2N4O2S2/c18-15-10(2-1-3-12(15)20)11-6-9(19)7-13-16(11)23-17(24-28(13,25)26)22-8-14-21-4-5-27-14/h1-7H,8H2,(H2,22,23,24). The Morgan fingerprint density at radius 3 is 2.79 bits per heavy atom. The number of aliphatic imine (C=N–C) groups is 1. The van der Waals surface area contributed by atoms with Crippen LogP contribution in [0.3, 0.4) is 0 Å². The summed E-state index contributed by atoms with van der Waals surface area (Å²) in [5.41, 5.74) is 0.318. The molecular weight excluding hydrogens is 430 g/mol. The van der Waals surface area contributed by atoms with Gasteiger partial charge in [0.1, 0.15) is 21.5 Å². The van der Waals surface area contributed by atoms with Gasteiger partial charge >= 0.3 is 0 Å². The van der Waals surface area contributed by atoms with Crippen molar-refractivity contribution in [1.82, 2.24) is 9.71 Å². The maximum atomic E-state index is 14.2. The Morgan fingerprint density at radius 1 is 1.21 bits per heavy atom. The smallest absolute Gasteiger partial charge is 0.266 e. The fraction of sp³-hybridized carbons (Fsp3) is 0.0588. The molecular formula is C17H11ClF2N4O2S2. The van der Waals surface area contributed by atoms with Gasteiger partial charge < -0.3 is 5.32 Å². The molecule has 0 saturated heterocycles. The summed E-state index contributed by atoms with van der Waals surface area (Å²) in [5.74, 6) is -1.56. The van der Waals surface area contributed by atoms with Crippen molar-refractivity contribution in [2.45, 2.75) is 11.4 Å². The Morgan fingerprint density at radius 2 is 2.04 bits per heavy atom. The van der Waals surface area contributed by atoms with Crippen LogP contribution in [0.1, 0.15) is 5.01 Å². The predicted octanol–water partition coefficient (Wildman–Crippen LogP) is 4.00. The fourth-order valence-electron chi connectivity index (χ4n) is 2.72. The van der Waals surface area contributed by atoms with E-state index in [4.69, 9.17) is 11.6 Å². The molecule has 1 aromatic heterocycles. The van der Waals surface area contributed by atoms with Crippen LogP contribution in [0.4, 0.5) is 14.5 Å². The Kier molecular flexibility index (Phi) is 4.77. The van der Waals surface area contributed by atoms with Crippen LogP contribution < -0.4 is 10.0 Å². The number of guanidine groups is 1. The number of halogens is 3. The number of fused-ring (bicyclic) bond motifs is 1. The third-order valence-electron chi connectivity index (χ3n) is 3.93. The quantitative estimate of drug-likeness (QED) is 0.644. The highest BCUT2D eigenvalue weighted by Gasteiger charge is 2.30. The van der Waals surface area contributed by atoms with Crippen molar-refractivity contribution in [1.29, 1.82) is 0 Å². The monoisotopic (exact) mass is 440 g/mol. The van der Waals surface area contributed by atoms with Gasteiger partial charge in [0, 0.05) is 22.7 Å².